The monoisotopic (exact) mass is 252 g/mol. The Morgan fingerprint density at radius 2 is 2.17 bits per heavy atom. The van der Waals surface area contributed by atoms with E-state index in [0.717, 1.165) is 18.0 Å². The molecule has 4 nitrogen and oxygen atoms in total. The van der Waals surface area contributed by atoms with Crippen LogP contribution in [-0.2, 0) is 0 Å². The van der Waals surface area contributed by atoms with Crippen molar-refractivity contribution in [1.29, 1.82) is 0 Å². The number of hydrogen-bond donors (Lipinski definition) is 2. The molecule has 102 valence electrons. The molecule has 0 amide bonds. The van der Waals surface area contributed by atoms with Gasteiger partial charge in [0, 0.05) is 38.5 Å². The normalized spacial score (nSPS) is 12.2. The highest BCUT2D eigenvalue weighted by atomic mass is 16.5. The van der Waals surface area contributed by atoms with Gasteiger partial charge in [0.25, 0.3) is 0 Å². The molecule has 0 saturated heterocycles. The molecule has 1 aromatic carbocycles. The Balaban J connectivity index is 2.53. The highest BCUT2D eigenvalue weighted by molar-refractivity contribution is 5.49. The van der Waals surface area contributed by atoms with Crippen LogP contribution in [-0.4, -0.2) is 45.0 Å². The van der Waals surface area contributed by atoms with E-state index in [1.165, 1.54) is 0 Å². The quantitative estimate of drug-likeness (QED) is 0.736. The van der Waals surface area contributed by atoms with E-state index in [0.29, 0.717) is 13.0 Å². The number of nitrogens with one attached hydrogen (secondary N) is 1. The van der Waals surface area contributed by atoms with E-state index in [1.54, 1.807) is 0 Å². The van der Waals surface area contributed by atoms with E-state index in [1.807, 2.05) is 43.3 Å². The zero-order valence-corrected chi connectivity index (χ0v) is 11.5. The summed E-state index contributed by atoms with van der Waals surface area (Å²) in [5.41, 5.74) is 1.12. The molecular weight excluding hydrogens is 228 g/mol. The van der Waals surface area contributed by atoms with Crippen LogP contribution in [0.3, 0.4) is 0 Å². The fourth-order valence-electron chi connectivity index (χ4n) is 1.74. The van der Waals surface area contributed by atoms with Gasteiger partial charge in [-0.15, -0.1) is 0 Å². The number of rotatable bonds is 8. The predicted octanol–water partition coefficient (Wildman–Crippen LogP) is 1.49. The van der Waals surface area contributed by atoms with E-state index < -0.39 is 0 Å². The molecule has 1 rings (SSSR count). The van der Waals surface area contributed by atoms with Crippen molar-refractivity contribution in [2.45, 2.75) is 19.4 Å². The number of aliphatic hydroxyl groups excluding tert-OH is 1. The minimum Gasteiger partial charge on any atom is -0.492 e. The Bertz CT molecular complexity index is 336. The van der Waals surface area contributed by atoms with Crippen LogP contribution in [0.2, 0.25) is 0 Å². The molecule has 0 fully saturated rings. The molecule has 0 heterocycles. The van der Waals surface area contributed by atoms with Gasteiger partial charge in [-0.25, -0.2) is 0 Å². The fraction of sp³-hybridized carbons (Fsp3) is 0.571. The second kappa shape index (κ2) is 7.95. The summed E-state index contributed by atoms with van der Waals surface area (Å²) in [6, 6.07) is 8.20. The van der Waals surface area contributed by atoms with Gasteiger partial charge in [0.05, 0.1) is 0 Å². The van der Waals surface area contributed by atoms with E-state index in [-0.39, 0.29) is 12.6 Å². The molecule has 0 aromatic heterocycles. The highest BCUT2D eigenvalue weighted by Crippen LogP contribution is 2.19. The van der Waals surface area contributed by atoms with Crippen molar-refractivity contribution >= 4 is 5.69 Å². The van der Waals surface area contributed by atoms with E-state index >= 15 is 0 Å². The number of anilines is 1. The lowest BCUT2D eigenvalue weighted by Crippen LogP contribution is -2.35. The Kier molecular flexibility index (Phi) is 6.54. The first-order valence-electron chi connectivity index (χ1n) is 6.41. The van der Waals surface area contributed by atoms with Gasteiger partial charge in [0.2, 0.25) is 0 Å². The number of hydrogen-bond acceptors (Lipinski definition) is 4. The molecule has 18 heavy (non-hydrogen) atoms. The first kappa shape index (κ1) is 14.8. The molecule has 0 radical (unpaired) electrons. The smallest absolute Gasteiger partial charge is 0.121 e. The van der Waals surface area contributed by atoms with Crippen molar-refractivity contribution < 1.29 is 9.84 Å². The summed E-state index contributed by atoms with van der Waals surface area (Å²) in [6.45, 7) is 3.69. The molecule has 0 saturated carbocycles. The maximum atomic E-state index is 8.98. The lowest BCUT2D eigenvalue weighted by molar-refractivity contribution is 0.215. The Hall–Kier alpha value is -1.26. The average Bonchev–Trinajstić information content (AvgIpc) is 2.37. The van der Waals surface area contributed by atoms with Crippen molar-refractivity contribution in [2.75, 3.05) is 38.8 Å². The first-order chi connectivity index (χ1) is 8.67. The summed E-state index contributed by atoms with van der Waals surface area (Å²) in [4.78, 5) is 2.04. The molecule has 0 aliphatic rings. The number of aliphatic hydroxyl groups is 1. The second-order valence-corrected chi connectivity index (χ2v) is 4.47. The van der Waals surface area contributed by atoms with Crippen LogP contribution >= 0.6 is 0 Å². The average molecular weight is 252 g/mol. The lowest BCUT2D eigenvalue weighted by atomic mass is 10.2. The third-order valence-corrected chi connectivity index (χ3v) is 2.76. The topological polar surface area (TPSA) is 44.7 Å². The first-order valence-corrected chi connectivity index (χ1v) is 6.41. The van der Waals surface area contributed by atoms with Gasteiger partial charge in [-0.3, -0.25) is 0 Å². The van der Waals surface area contributed by atoms with Crippen LogP contribution in [0.4, 0.5) is 5.69 Å². The lowest BCUT2D eigenvalue weighted by Gasteiger charge is -2.18. The van der Waals surface area contributed by atoms with E-state index in [4.69, 9.17) is 9.84 Å². The van der Waals surface area contributed by atoms with Crippen LogP contribution in [0.15, 0.2) is 24.3 Å². The third kappa shape index (κ3) is 4.94. The molecule has 4 heteroatoms. The molecule has 0 bridgehead atoms. The van der Waals surface area contributed by atoms with Crippen molar-refractivity contribution in [1.82, 2.24) is 5.32 Å². The van der Waals surface area contributed by atoms with E-state index in [2.05, 4.69) is 12.2 Å². The molecule has 1 unspecified atom stereocenters. The van der Waals surface area contributed by atoms with Crippen molar-refractivity contribution in [3.8, 4) is 5.75 Å². The van der Waals surface area contributed by atoms with E-state index in [9.17, 15) is 0 Å². The molecule has 0 spiro atoms. The van der Waals surface area contributed by atoms with Crippen LogP contribution in [0.1, 0.15) is 13.3 Å². The maximum Gasteiger partial charge on any atom is 0.121 e. The molecule has 2 N–H and O–H groups in total. The Morgan fingerprint density at radius 3 is 2.78 bits per heavy atom. The second-order valence-electron chi connectivity index (χ2n) is 4.47. The zero-order chi connectivity index (χ0) is 13.4. The molecule has 0 aliphatic heterocycles. The van der Waals surface area contributed by atoms with Gasteiger partial charge in [-0.05, 0) is 25.1 Å². The van der Waals surface area contributed by atoms with Gasteiger partial charge in [-0.1, -0.05) is 13.0 Å². The number of benzene rings is 1. The Morgan fingerprint density at radius 1 is 1.39 bits per heavy atom. The van der Waals surface area contributed by atoms with Gasteiger partial charge in [-0.2, -0.15) is 0 Å². The summed E-state index contributed by atoms with van der Waals surface area (Å²) in [5, 5.41) is 12.3. The third-order valence-electron chi connectivity index (χ3n) is 2.76. The van der Waals surface area contributed by atoms with Crippen LogP contribution < -0.4 is 15.0 Å². The summed E-state index contributed by atoms with van der Waals surface area (Å²) >= 11 is 0. The van der Waals surface area contributed by atoms with Gasteiger partial charge in [0.1, 0.15) is 12.4 Å². The minimum atomic E-state index is 0.179. The largest absolute Gasteiger partial charge is 0.492 e. The zero-order valence-electron chi connectivity index (χ0n) is 11.5. The van der Waals surface area contributed by atoms with Crippen LogP contribution in [0.25, 0.3) is 0 Å². The summed E-state index contributed by atoms with van der Waals surface area (Å²) in [5.74, 6) is 0.863. The van der Waals surface area contributed by atoms with Crippen molar-refractivity contribution in [3.05, 3.63) is 24.3 Å². The summed E-state index contributed by atoms with van der Waals surface area (Å²) < 4.78 is 5.76. The molecule has 1 aromatic rings. The van der Waals surface area contributed by atoms with Crippen LogP contribution in [0, 0.1) is 0 Å². The SMILES string of the molecule is CCNC(CCO)COc1cccc(N(C)C)c1. The maximum absolute atomic E-state index is 8.98. The van der Waals surface area contributed by atoms with Crippen LogP contribution in [0.5, 0.6) is 5.75 Å². The predicted molar refractivity (Wildman–Crippen MR) is 75.4 cm³/mol. The standard InChI is InChI=1S/C14H24N2O2/c1-4-15-12(8-9-17)11-18-14-7-5-6-13(10-14)16(2)3/h5-7,10,12,15,17H,4,8-9,11H2,1-3H3. The van der Waals surface area contributed by atoms with Gasteiger partial charge >= 0.3 is 0 Å². The number of ether oxygens (including phenoxy) is 1. The highest BCUT2D eigenvalue weighted by Gasteiger charge is 2.07. The summed E-state index contributed by atoms with van der Waals surface area (Å²) in [7, 11) is 4.01. The Labute approximate surface area is 110 Å². The molecular formula is C14H24N2O2. The number of likely N-dealkylation sites (N-methyl/N-ethyl adjacent to an activating group) is 1. The molecule has 0 aliphatic carbocycles. The fourth-order valence-corrected chi connectivity index (χ4v) is 1.74. The van der Waals surface area contributed by atoms with Gasteiger partial charge in [0.15, 0.2) is 0 Å². The van der Waals surface area contributed by atoms with Gasteiger partial charge < -0.3 is 20.1 Å². The number of nitrogens with zero attached hydrogens (tertiary/aromatic N) is 1. The van der Waals surface area contributed by atoms with Crippen molar-refractivity contribution in [3.63, 3.8) is 0 Å². The molecule has 1 atom stereocenters. The van der Waals surface area contributed by atoms with Crippen molar-refractivity contribution in [2.24, 2.45) is 0 Å². The summed E-state index contributed by atoms with van der Waals surface area (Å²) in [6.07, 6.45) is 0.710. The minimum absolute atomic E-state index is 0.179.